The minimum atomic E-state index is -4.71. The van der Waals surface area contributed by atoms with Crippen LogP contribution in [0.1, 0.15) is 44.1 Å². The number of hydrogen-bond donors (Lipinski definition) is 3. The second-order valence-corrected chi connectivity index (χ2v) is 10.9. The molecule has 2 heterocycles. The van der Waals surface area contributed by atoms with Crippen LogP contribution in [-0.2, 0) is 40.2 Å². The lowest BCUT2D eigenvalue weighted by Gasteiger charge is -2.43. The number of halogens is 3. The van der Waals surface area contributed by atoms with Crippen molar-refractivity contribution in [2.45, 2.75) is 67.7 Å². The van der Waals surface area contributed by atoms with Crippen LogP contribution in [0.5, 0.6) is 0 Å². The third kappa shape index (κ3) is 7.53. The molecule has 41 heavy (non-hydrogen) atoms. The fourth-order valence-electron chi connectivity index (χ4n) is 4.43. The summed E-state index contributed by atoms with van der Waals surface area (Å²) in [6.07, 6.45) is -5.54. The van der Waals surface area contributed by atoms with E-state index in [0.717, 1.165) is 10.0 Å². The van der Waals surface area contributed by atoms with Crippen LogP contribution in [0.2, 0.25) is 0 Å². The minimum absolute atomic E-state index is 0.00629. The number of carboxylic acid groups (broad SMARTS) is 1. The van der Waals surface area contributed by atoms with Crippen molar-refractivity contribution in [2.75, 3.05) is 6.54 Å². The van der Waals surface area contributed by atoms with Crippen molar-refractivity contribution in [3.8, 4) is 0 Å². The summed E-state index contributed by atoms with van der Waals surface area (Å²) in [6, 6.07) is -1.88. The van der Waals surface area contributed by atoms with E-state index in [1.54, 1.807) is 0 Å². The Balaban J connectivity index is 1.86. The van der Waals surface area contributed by atoms with Gasteiger partial charge in [-0.25, -0.2) is 13.4 Å². The lowest BCUT2D eigenvalue weighted by Crippen LogP contribution is -2.64. The van der Waals surface area contributed by atoms with E-state index in [0.29, 0.717) is 30.5 Å². The standard InChI is InChI=1S/C23H25F3N6O8S/c24-23(25,26)13-3-5-14(6-4-13)41(39,40)30-16-7-9-19(34)31-11-1-2-17(32(31)22(16)38)21(37)29-15(8-10-20(35)36)18(33)12-28-27/h3-6,12,15-17,30H,1-2,7-11H2,(H,29,37)(H,35,36)/t15-,16-,17-/m0/s1. The highest BCUT2D eigenvalue weighted by molar-refractivity contribution is 7.89. The topological polar surface area (TPSA) is 207 Å². The predicted octanol–water partition coefficient (Wildman–Crippen LogP) is 0.100. The monoisotopic (exact) mass is 602 g/mol. The van der Waals surface area contributed by atoms with E-state index < -0.39 is 80.7 Å². The molecule has 0 bridgehead atoms. The van der Waals surface area contributed by atoms with Gasteiger partial charge in [0.2, 0.25) is 21.8 Å². The molecule has 3 rings (SSSR count). The fraction of sp³-hybridized carbons (Fsp3) is 0.478. The van der Waals surface area contributed by atoms with Crippen molar-refractivity contribution in [3.05, 3.63) is 35.4 Å². The summed E-state index contributed by atoms with van der Waals surface area (Å²) in [6.45, 7) is 0.0191. The number of fused-ring (bicyclic) bond motifs is 1. The summed E-state index contributed by atoms with van der Waals surface area (Å²) in [5.74, 6) is -4.75. The number of rotatable bonds is 10. The molecule has 0 unspecified atom stereocenters. The van der Waals surface area contributed by atoms with E-state index in [4.69, 9.17) is 10.6 Å². The van der Waals surface area contributed by atoms with Crippen molar-refractivity contribution < 1.29 is 55.5 Å². The largest absolute Gasteiger partial charge is 0.481 e. The SMILES string of the molecule is [N-]=[N+]=CC(=O)[C@H](CCC(=O)O)NC(=O)[C@@H]1CCCN2C(=O)CC[C@H](NS(=O)(=O)c3ccc(C(F)(F)F)cc3)C(=O)N12. The summed E-state index contributed by atoms with van der Waals surface area (Å²) < 4.78 is 66.6. The fourth-order valence-corrected chi connectivity index (χ4v) is 5.65. The highest BCUT2D eigenvalue weighted by Gasteiger charge is 2.46. The second kappa shape index (κ2) is 12.6. The highest BCUT2D eigenvalue weighted by atomic mass is 32.2. The first-order chi connectivity index (χ1) is 19.2. The van der Waals surface area contributed by atoms with E-state index in [1.807, 2.05) is 0 Å². The van der Waals surface area contributed by atoms with Crippen molar-refractivity contribution in [2.24, 2.45) is 0 Å². The Labute approximate surface area is 231 Å². The van der Waals surface area contributed by atoms with E-state index in [1.165, 1.54) is 0 Å². The molecule has 2 fully saturated rings. The zero-order chi connectivity index (χ0) is 30.5. The lowest BCUT2D eigenvalue weighted by molar-refractivity contribution is -0.176. The second-order valence-electron chi connectivity index (χ2n) is 9.23. The number of alkyl halides is 3. The number of hydrazine groups is 1. The first-order valence-corrected chi connectivity index (χ1v) is 13.7. The molecule has 2 aliphatic heterocycles. The van der Waals surface area contributed by atoms with Crippen LogP contribution < -0.4 is 10.0 Å². The van der Waals surface area contributed by atoms with Gasteiger partial charge in [0.1, 0.15) is 12.1 Å². The molecule has 3 N–H and O–H groups in total. The van der Waals surface area contributed by atoms with Crippen LogP contribution in [-0.4, -0.2) is 88.7 Å². The van der Waals surface area contributed by atoms with Crippen LogP contribution in [0.15, 0.2) is 29.2 Å². The first kappa shape index (κ1) is 31.4. The van der Waals surface area contributed by atoms with Gasteiger partial charge in [0.05, 0.1) is 16.5 Å². The molecule has 14 nitrogen and oxygen atoms in total. The predicted molar refractivity (Wildman–Crippen MR) is 130 cm³/mol. The van der Waals surface area contributed by atoms with Crippen LogP contribution in [0.25, 0.3) is 5.53 Å². The van der Waals surface area contributed by atoms with Gasteiger partial charge in [-0.05, 0) is 49.9 Å². The number of nitrogens with one attached hydrogen (secondary N) is 2. The van der Waals surface area contributed by atoms with E-state index in [-0.39, 0.29) is 38.6 Å². The smallest absolute Gasteiger partial charge is 0.416 e. The quantitative estimate of drug-likeness (QED) is 0.190. The molecule has 18 heteroatoms. The molecular formula is C23H25F3N6O8S. The molecule has 0 radical (unpaired) electrons. The maximum Gasteiger partial charge on any atom is 0.416 e. The molecule has 2 saturated heterocycles. The number of Topliss-reactive ketones (excluding diaryl/α,β-unsaturated/α-hetero) is 1. The number of aliphatic carboxylic acids is 1. The Morgan fingerprint density at radius 1 is 1.17 bits per heavy atom. The summed E-state index contributed by atoms with van der Waals surface area (Å²) in [7, 11) is -4.55. The summed E-state index contributed by atoms with van der Waals surface area (Å²) in [5.41, 5.74) is 7.58. The maximum atomic E-state index is 13.5. The number of benzene rings is 1. The summed E-state index contributed by atoms with van der Waals surface area (Å²) in [4.78, 5) is 64.8. The molecule has 2 aliphatic rings. The van der Waals surface area contributed by atoms with Crippen LogP contribution in [0.3, 0.4) is 0 Å². The Morgan fingerprint density at radius 2 is 1.83 bits per heavy atom. The average molecular weight is 603 g/mol. The van der Waals surface area contributed by atoms with E-state index >= 15 is 0 Å². The van der Waals surface area contributed by atoms with Gasteiger partial charge in [-0.3, -0.25) is 29.0 Å². The van der Waals surface area contributed by atoms with Gasteiger partial charge in [0, 0.05) is 19.4 Å². The zero-order valence-electron chi connectivity index (χ0n) is 21.2. The van der Waals surface area contributed by atoms with Crippen molar-refractivity contribution in [1.29, 1.82) is 0 Å². The average Bonchev–Trinajstić information content (AvgIpc) is 3.02. The molecule has 1 aromatic carbocycles. The zero-order valence-corrected chi connectivity index (χ0v) is 22.0. The third-order valence-corrected chi connectivity index (χ3v) is 7.93. The van der Waals surface area contributed by atoms with Gasteiger partial charge in [0.15, 0.2) is 0 Å². The minimum Gasteiger partial charge on any atom is -0.481 e. The number of carbonyl (C=O) groups excluding carboxylic acids is 4. The molecule has 222 valence electrons. The normalized spacial score (nSPS) is 20.4. The van der Waals surface area contributed by atoms with Crippen LogP contribution in [0, 0.1) is 0 Å². The Hall–Kier alpha value is -4.15. The van der Waals surface area contributed by atoms with E-state index in [9.17, 15) is 45.6 Å². The number of sulfonamides is 1. The number of ketones is 1. The third-order valence-electron chi connectivity index (χ3n) is 6.45. The molecular weight excluding hydrogens is 577 g/mol. The highest BCUT2D eigenvalue weighted by Crippen LogP contribution is 2.30. The molecule has 0 spiro atoms. The van der Waals surface area contributed by atoms with Crippen molar-refractivity contribution in [1.82, 2.24) is 20.1 Å². The van der Waals surface area contributed by atoms with Gasteiger partial charge in [-0.1, -0.05) is 0 Å². The molecule has 0 saturated carbocycles. The number of amides is 3. The Kier molecular flexibility index (Phi) is 9.62. The van der Waals surface area contributed by atoms with Gasteiger partial charge in [-0.2, -0.15) is 22.7 Å². The van der Waals surface area contributed by atoms with E-state index in [2.05, 4.69) is 14.8 Å². The lowest BCUT2D eigenvalue weighted by atomic mass is 10.0. The molecule has 3 amide bonds. The van der Waals surface area contributed by atoms with Gasteiger partial charge in [0.25, 0.3) is 11.7 Å². The van der Waals surface area contributed by atoms with Gasteiger partial charge >= 0.3 is 18.4 Å². The number of hydrogen-bond acceptors (Lipinski definition) is 7. The Morgan fingerprint density at radius 3 is 2.41 bits per heavy atom. The van der Waals surface area contributed by atoms with Gasteiger partial charge in [-0.15, -0.1) is 0 Å². The molecule has 0 aliphatic carbocycles. The van der Waals surface area contributed by atoms with Crippen molar-refractivity contribution in [3.63, 3.8) is 0 Å². The molecule has 0 aromatic heterocycles. The first-order valence-electron chi connectivity index (χ1n) is 12.2. The Bertz CT molecular complexity index is 1380. The molecule has 3 atom stereocenters. The van der Waals surface area contributed by atoms with Crippen molar-refractivity contribution >= 4 is 45.7 Å². The number of nitrogens with zero attached hydrogens (tertiary/aromatic N) is 4. The van der Waals surface area contributed by atoms with Crippen LogP contribution in [0.4, 0.5) is 13.2 Å². The maximum absolute atomic E-state index is 13.5. The summed E-state index contributed by atoms with van der Waals surface area (Å²) in [5, 5.41) is 13.0. The molecule has 1 aromatic rings. The number of carboxylic acids is 1. The van der Waals surface area contributed by atoms with Crippen LogP contribution >= 0.6 is 0 Å². The summed E-state index contributed by atoms with van der Waals surface area (Å²) >= 11 is 0. The number of carbonyl (C=O) groups is 5. The van der Waals surface area contributed by atoms with Gasteiger partial charge < -0.3 is 16.0 Å².